The van der Waals surface area contributed by atoms with Crippen LogP contribution in [0.2, 0.25) is 5.02 Å². The Morgan fingerprint density at radius 1 is 1.11 bits per heavy atom. The minimum Gasteiger partial charge on any atom is -0.450 e. The smallest absolute Gasteiger partial charge is 0.450 e. The molecule has 1 atom stereocenters. The van der Waals surface area contributed by atoms with E-state index in [2.05, 4.69) is 4.90 Å². The third kappa shape index (κ3) is 5.30. The van der Waals surface area contributed by atoms with Crippen molar-refractivity contribution in [1.82, 2.24) is 4.90 Å². The molecule has 1 aliphatic rings. The molecule has 7 heteroatoms. The van der Waals surface area contributed by atoms with Gasteiger partial charge in [-0.2, -0.15) is 0 Å². The second-order valence-electron chi connectivity index (χ2n) is 6.87. The third-order valence-electron chi connectivity index (χ3n) is 5.00. The molecule has 1 saturated heterocycles. The van der Waals surface area contributed by atoms with Crippen molar-refractivity contribution in [1.29, 1.82) is 0 Å². The summed E-state index contributed by atoms with van der Waals surface area (Å²) in [5, 5.41) is 9.62. The Morgan fingerprint density at radius 3 is 2.29 bits per heavy atom. The zero-order chi connectivity index (χ0) is 20.1. The number of likely N-dealkylation sites (tertiary alicyclic amines) is 1. The molecule has 1 unspecified atom stereocenters. The van der Waals surface area contributed by atoms with E-state index in [0.717, 1.165) is 5.56 Å². The average Bonchev–Trinajstić information content (AvgIpc) is 2.68. The van der Waals surface area contributed by atoms with Crippen LogP contribution in [0.4, 0.5) is 9.18 Å². The minimum atomic E-state index is -1.33. The number of carboxylic acid groups (broad SMARTS) is 1. The molecule has 0 amide bonds. The molecule has 3 rings (SSSR count). The molecule has 1 N–H and O–H groups in total. The van der Waals surface area contributed by atoms with E-state index in [0.29, 0.717) is 43.1 Å². The molecule has 0 spiro atoms. The number of carbonyl (C=O) groups is 2. The van der Waals surface area contributed by atoms with Crippen LogP contribution in [-0.2, 0) is 4.74 Å². The van der Waals surface area contributed by atoms with Gasteiger partial charge in [0.2, 0.25) is 0 Å². The van der Waals surface area contributed by atoms with Crippen molar-refractivity contribution in [2.45, 2.75) is 18.9 Å². The molecular weight excluding hydrogens is 385 g/mol. The van der Waals surface area contributed by atoms with Crippen molar-refractivity contribution in [2.75, 3.05) is 19.6 Å². The van der Waals surface area contributed by atoms with Gasteiger partial charge in [-0.1, -0.05) is 23.7 Å². The van der Waals surface area contributed by atoms with Gasteiger partial charge < -0.3 is 9.84 Å². The van der Waals surface area contributed by atoms with Gasteiger partial charge in [0.15, 0.2) is 5.78 Å². The Balaban J connectivity index is 1.59. The number of hydrogen-bond acceptors (Lipinski definition) is 4. The van der Waals surface area contributed by atoms with Gasteiger partial charge in [-0.15, -0.1) is 0 Å². The fraction of sp³-hybridized carbons (Fsp3) is 0.333. The van der Waals surface area contributed by atoms with Crippen LogP contribution in [0.3, 0.4) is 0 Å². The molecule has 28 heavy (non-hydrogen) atoms. The highest BCUT2D eigenvalue weighted by Crippen LogP contribution is 2.26. The van der Waals surface area contributed by atoms with Gasteiger partial charge in [-0.25, -0.2) is 9.18 Å². The number of piperidine rings is 1. The maximum absolute atomic E-state index is 13.0. The van der Waals surface area contributed by atoms with E-state index in [1.165, 1.54) is 24.3 Å². The maximum Gasteiger partial charge on any atom is 0.506 e. The lowest BCUT2D eigenvalue weighted by atomic mass is 9.88. The lowest BCUT2D eigenvalue weighted by molar-refractivity contribution is 0.0268. The Kier molecular flexibility index (Phi) is 6.65. The van der Waals surface area contributed by atoms with Crippen LogP contribution in [0.15, 0.2) is 48.5 Å². The van der Waals surface area contributed by atoms with E-state index in [1.54, 1.807) is 24.3 Å². The molecular formula is C21H21ClFNO4. The van der Waals surface area contributed by atoms with Crippen LogP contribution in [0.25, 0.3) is 0 Å². The molecule has 0 aliphatic carbocycles. The minimum absolute atomic E-state index is 0.0238. The number of hydrogen-bond donors (Lipinski definition) is 1. The molecule has 1 heterocycles. The summed E-state index contributed by atoms with van der Waals surface area (Å²) in [6.45, 7) is 1.72. The van der Waals surface area contributed by atoms with Gasteiger partial charge in [0.1, 0.15) is 11.9 Å². The Hall–Kier alpha value is -2.44. The Bertz CT molecular complexity index is 817. The fourth-order valence-electron chi connectivity index (χ4n) is 3.47. The van der Waals surface area contributed by atoms with Gasteiger partial charge in [-0.05, 0) is 67.9 Å². The Labute approximate surface area is 167 Å². The highest BCUT2D eigenvalue weighted by Gasteiger charge is 2.28. The van der Waals surface area contributed by atoms with E-state index in [9.17, 15) is 14.0 Å². The van der Waals surface area contributed by atoms with Gasteiger partial charge in [-0.3, -0.25) is 9.69 Å². The van der Waals surface area contributed by atoms with Crippen molar-refractivity contribution in [3.63, 3.8) is 0 Å². The van der Waals surface area contributed by atoms with Crippen LogP contribution in [-0.4, -0.2) is 41.6 Å². The standard InChI is InChI=1S/C21H21ClFNO4/c22-17-5-1-14(2-6-17)19(28-21(26)27)13-24-11-9-16(10-12-24)20(25)15-3-7-18(23)8-4-15/h1-8,16,19H,9-13H2,(H,26,27). The first-order valence-corrected chi connectivity index (χ1v) is 9.47. The zero-order valence-corrected chi connectivity index (χ0v) is 15.9. The number of halogens is 2. The molecule has 5 nitrogen and oxygen atoms in total. The number of Topliss-reactive ketones (excluding diaryl/α,β-unsaturated/α-hetero) is 1. The van der Waals surface area contributed by atoms with E-state index < -0.39 is 12.3 Å². The fourth-order valence-corrected chi connectivity index (χ4v) is 3.60. The lowest BCUT2D eigenvalue weighted by Crippen LogP contribution is -2.39. The number of benzene rings is 2. The van der Waals surface area contributed by atoms with Gasteiger partial charge in [0.25, 0.3) is 0 Å². The summed E-state index contributed by atoms with van der Waals surface area (Å²) in [5.74, 6) is -0.454. The van der Waals surface area contributed by atoms with Crippen LogP contribution in [0.5, 0.6) is 0 Å². The number of carbonyl (C=O) groups excluding carboxylic acids is 1. The number of nitrogens with zero attached hydrogens (tertiary/aromatic N) is 1. The quantitative estimate of drug-likeness (QED) is 0.551. The molecule has 2 aromatic carbocycles. The molecule has 2 aromatic rings. The molecule has 0 radical (unpaired) electrons. The first-order valence-electron chi connectivity index (χ1n) is 9.09. The predicted octanol–water partition coefficient (Wildman–Crippen LogP) is 4.81. The highest BCUT2D eigenvalue weighted by atomic mass is 35.5. The molecule has 1 fully saturated rings. The summed E-state index contributed by atoms with van der Waals surface area (Å²) in [4.78, 5) is 25.8. The maximum atomic E-state index is 13.0. The third-order valence-corrected chi connectivity index (χ3v) is 5.25. The summed E-state index contributed by atoms with van der Waals surface area (Å²) >= 11 is 5.90. The Morgan fingerprint density at radius 2 is 1.71 bits per heavy atom. The monoisotopic (exact) mass is 405 g/mol. The predicted molar refractivity (Wildman–Crippen MR) is 103 cm³/mol. The van der Waals surface area contributed by atoms with Crippen molar-refractivity contribution in [3.05, 3.63) is 70.5 Å². The first-order chi connectivity index (χ1) is 13.4. The summed E-state index contributed by atoms with van der Waals surface area (Å²) in [6, 6.07) is 12.5. The van der Waals surface area contributed by atoms with Crippen LogP contribution < -0.4 is 0 Å². The SMILES string of the molecule is O=C(O)OC(CN1CCC(C(=O)c2ccc(F)cc2)CC1)c1ccc(Cl)cc1. The summed E-state index contributed by atoms with van der Waals surface area (Å²) in [5.41, 5.74) is 1.25. The van der Waals surface area contributed by atoms with Crippen LogP contribution in [0, 0.1) is 11.7 Å². The number of ketones is 1. The van der Waals surface area contributed by atoms with Crippen LogP contribution >= 0.6 is 11.6 Å². The second kappa shape index (κ2) is 9.17. The molecule has 0 saturated carbocycles. The average molecular weight is 406 g/mol. The van der Waals surface area contributed by atoms with Crippen molar-refractivity contribution < 1.29 is 23.8 Å². The van der Waals surface area contributed by atoms with E-state index >= 15 is 0 Å². The van der Waals surface area contributed by atoms with Gasteiger partial charge >= 0.3 is 6.16 Å². The van der Waals surface area contributed by atoms with E-state index in [1.807, 2.05) is 0 Å². The summed E-state index contributed by atoms with van der Waals surface area (Å²) in [6.07, 6.45) is -0.631. The number of ether oxygens (including phenoxy) is 1. The zero-order valence-electron chi connectivity index (χ0n) is 15.2. The highest BCUT2D eigenvalue weighted by molar-refractivity contribution is 6.30. The molecule has 0 bridgehead atoms. The lowest BCUT2D eigenvalue weighted by Gasteiger charge is -2.33. The number of rotatable bonds is 6. The van der Waals surface area contributed by atoms with Gasteiger partial charge in [0.05, 0.1) is 0 Å². The first kappa shape index (κ1) is 20.3. The van der Waals surface area contributed by atoms with Gasteiger partial charge in [0, 0.05) is 23.0 Å². The van der Waals surface area contributed by atoms with Crippen molar-refractivity contribution in [2.24, 2.45) is 5.92 Å². The van der Waals surface area contributed by atoms with Crippen molar-refractivity contribution >= 4 is 23.5 Å². The van der Waals surface area contributed by atoms with E-state index in [4.69, 9.17) is 21.4 Å². The topological polar surface area (TPSA) is 66.8 Å². The summed E-state index contributed by atoms with van der Waals surface area (Å²) < 4.78 is 18.1. The largest absolute Gasteiger partial charge is 0.506 e. The molecule has 1 aliphatic heterocycles. The summed E-state index contributed by atoms with van der Waals surface area (Å²) in [7, 11) is 0. The van der Waals surface area contributed by atoms with Crippen LogP contribution in [0.1, 0.15) is 34.9 Å². The molecule has 0 aromatic heterocycles. The second-order valence-corrected chi connectivity index (χ2v) is 7.31. The van der Waals surface area contributed by atoms with Crippen molar-refractivity contribution in [3.8, 4) is 0 Å². The van der Waals surface area contributed by atoms with E-state index in [-0.39, 0.29) is 17.5 Å². The normalized spacial score (nSPS) is 16.5. The molecule has 148 valence electrons.